The van der Waals surface area contributed by atoms with Crippen molar-refractivity contribution in [2.45, 2.75) is 24.7 Å². The molecule has 0 atom stereocenters. The van der Waals surface area contributed by atoms with Gasteiger partial charge in [-0.3, -0.25) is 0 Å². The third kappa shape index (κ3) is 3.34. The standard InChI is InChI=1S/C13H18F2N2O2S/c1-13(5-7-16-8-6-13)9-17-20(18,19)12-10(14)3-2-4-11(12)15/h2-4,16-17H,5-9H2,1H3. The van der Waals surface area contributed by atoms with Crippen LogP contribution in [0.15, 0.2) is 23.1 Å². The average molecular weight is 304 g/mol. The van der Waals surface area contributed by atoms with E-state index in [1.54, 1.807) is 0 Å². The average Bonchev–Trinajstić information content (AvgIpc) is 2.37. The quantitative estimate of drug-likeness (QED) is 0.889. The molecule has 4 nitrogen and oxygen atoms in total. The van der Waals surface area contributed by atoms with E-state index in [2.05, 4.69) is 10.0 Å². The summed E-state index contributed by atoms with van der Waals surface area (Å²) in [6.07, 6.45) is 1.63. The summed E-state index contributed by atoms with van der Waals surface area (Å²) in [5.74, 6) is -2.15. The SMILES string of the molecule is CC1(CNS(=O)(=O)c2c(F)cccc2F)CCNCC1. The topological polar surface area (TPSA) is 58.2 Å². The highest BCUT2D eigenvalue weighted by Crippen LogP contribution is 2.28. The van der Waals surface area contributed by atoms with Crippen LogP contribution >= 0.6 is 0 Å². The number of hydrogen-bond donors (Lipinski definition) is 2. The molecule has 0 radical (unpaired) electrons. The van der Waals surface area contributed by atoms with Crippen molar-refractivity contribution in [3.8, 4) is 0 Å². The molecule has 1 aromatic carbocycles. The van der Waals surface area contributed by atoms with Gasteiger partial charge < -0.3 is 5.32 Å². The highest BCUT2D eigenvalue weighted by atomic mass is 32.2. The summed E-state index contributed by atoms with van der Waals surface area (Å²) in [6, 6.07) is 3.01. The first kappa shape index (κ1) is 15.3. The van der Waals surface area contributed by atoms with E-state index in [1.165, 1.54) is 0 Å². The van der Waals surface area contributed by atoms with Gasteiger partial charge in [-0.25, -0.2) is 21.9 Å². The zero-order valence-electron chi connectivity index (χ0n) is 11.2. The van der Waals surface area contributed by atoms with E-state index in [0.717, 1.165) is 44.1 Å². The molecule has 20 heavy (non-hydrogen) atoms. The predicted molar refractivity (Wildman–Crippen MR) is 71.8 cm³/mol. The van der Waals surface area contributed by atoms with Crippen molar-refractivity contribution in [3.63, 3.8) is 0 Å². The van der Waals surface area contributed by atoms with Crippen LogP contribution in [-0.2, 0) is 10.0 Å². The highest BCUT2D eigenvalue weighted by Gasteiger charge is 2.30. The van der Waals surface area contributed by atoms with Crippen molar-refractivity contribution in [1.29, 1.82) is 0 Å². The minimum absolute atomic E-state index is 0.171. The zero-order chi connectivity index (χ0) is 14.8. The lowest BCUT2D eigenvalue weighted by Gasteiger charge is -2.34. The molecule has 1 aliphatic rings. The molecule has 112 valence electrons. The molecule has 1 saturated heterocycles. The second-order valence-corrected chi connectivity index (χ2v) is 7.14. The third-order valence-corrected chi connectivity index (χ3v) is 5.14. The normalized spacial score (nSPS) is 18.9. The predicted octanol–water partition coefficient (Wildman–Crippen LogP) is 1.63. The molecule has 0 aromatic heterocycles. The Kier molecular flexibility index (Phi) is 4.41. The molecular formula is C13H18F2N2O2S. The minimum atomic E-state index is -4.18. The van der Waals surface area contributed by atoms with Crippen molar-refractivity contribution in [1.82, 2.24) is 10.0 Å². The van der Waals surface area contributed by atoms with Crippen LogP contribution in [0, 0.1) is 17.0 Å². The van der Waals surface area contributed by atoms with E-state index in [-0.39, 0.29) is 12.0 Å². The molecule has 2 N–H and O–H groups in total. The molecule has 1 heterocycles. The molecule has 0 bridgehead atoms. The first-order valence-corrected chi connectivity index (χ1v) is 7.97. The molecule has 1 aromatic rings. The second kappa shape index (κ2) is 5.75. The maximum absolute atomic E-state index is 13.5. The number of nitrogens with one attached hydrogen (secondary N) is 2. The molecule has 0 saturated carbocycles. The van der Waals surface area contributed by atoms with Gasteiger partial charge in [-0.15, -0.1) is 0 Å². The molecule has 0 amide bonds. The third-order valence-electron chi connectivity index (χ3n) is 3.69. The van der Waals surface area contributed by atoms with E-state index in [9.17, 15) is 17.2 Å². The van der Waals surface area contributed by atoms with Gasteiger partial charge in [-0.1, -0.05) is 13.0 Å². The van der Waals surface area contributed by atoms with Gasteiger partial charge in [-0.2, -0.15) is 0 Å². The first-order chi connectivity index (χ1) is 9.34. The van der Waals surface area contributed by atoms with Gasteiger partial charge in [0.15, 0.2) is 4.90 Å². The van der Waals surface area contributed by atoms with Crippen LogP contribution in [0.25, 0.3) is 0 Å². The second-order valence-electron chi connectivity index (χ2n) is 5.44. The largest absolute Gasteiger partial charge is 0.317 e. The Morgan fingerprint density at radius 3 is 2.35 bits per heavy atom. The van der Waals surface area contributed by atoms with Crippen molar-refractivity contribution in [3.05, 3.63) is 29.8 Å². The summed E-state index contributed by atoms with van der Waals surface area (Å²) in [4.78, 5) is -0.905. The van der Waals surface area contributed by atoms with E-state index in [4.69, 9.17) is 0 Å². The summed E-state index contributed by atoms with van der Waals surface area (Å²) >= 11 is 0. The lowest BCUT2D eigenvalue weighted by atomic mass is 9.81. The fraction of sp³-hybridized carbons (Fsp3) is 0.538. The lowest BCUT2D eigenvalue weighted by Crippen LogP contribution is -2.43. The monoisotopic (exact) mass is 304 g/mol. The van der Waals surface area contributed by atoms with Crippen LogP contribution in [0.2, 0.25) is 0 Å². The van der Waals surface area contributed by atoms with Gasteiger partial charge >= 0.3 is 0 Å². The van der Waals surface area contributed by atoms with Crippen molar-refractivity contribution in [2.24, 2.45) is 5.41 Å². The Balaban J connectivity index is 2.15. The van der Waals surface area contributed by atoms with E-state index < -0.39 is 26.6 Å². The van der Waals surface area contributed by atoms with Gasteiger partial charge in [0.1, 0.15) is 11.6 Å². The Bertz CT molecular complexity index is 564. The summed E-state index contributed by atoms with van der Waals surface area (Å²) in [6.45, 7) is 3.76. The van der Waals surface area contributed by atoms with E-state index >= 15 is 0 Å². The number of sulfonamides is 1. The maximum atomic E-state index is 13.5. The van der Waals surface area contributed by atoms with E-state index in [1.807, 2.05) is 6.92 Å². The van der Waals surface area contributed by atoms with Crippen molar-refractivity contribution >= 4 is 10.0 Å². The van der Waals surface area contributed by atoms with Gasteiger partial charge in [-0.05, 0) is 43.5 Å². The fourth-order valence-electron chi connectivity index (χ4n) is 2.29. The van der Waals surface area contributed by atoms with Crippen LogP contribution < -0.4 is 10.0 Å². The van der Waals surface area contributed by atoms with Crippen LogP contribution in [0.1, 0.15) is 19.8 Å². The molecule has 0 aliphatic carbocycles. The number of benzene rings is 1. The highest BCUT2D eigenvalue weighted by molar-refractivity contribution is 7.89. The van der Waals surface area contributed by atoms with Gasteiger partial charge in [0, 0.05) is 6.54 Å². The van der Waals surface area contributed by atoms with Crippen LogP contribution in [0.5, 0.6) is 0 Å². The molecule has 7 heteroatoms. The summed E-state index contributed by atoms with van der Waals surface area (Å²) < 4.78 is 53.5. The maximum Gasteiger partial charge on any atom is 0.246 e. The Morgan fingerprint density at radius 2 is 1.80 bits per heavy atom. The first-order valence-electron chi connectivity index (χ1n) is 6.48. The Morgan fingerprint density at radius 1 is 1.25 bits per heavy atom. The smallest absolute Gasteiger partial charge is 0.246 e. The van der Waals surface area contributed by atoms with Crippen LogP contribution in [0.3, 0.4) is 0 Å². The summed E-state index contributed by atoms with van der Waals surface area (Å²) in [5, 5.41) is 3.19. The molecule has 1 aliphatic heterocycles. The number of halogens is 2. The minimum Gasteiger partial charge on any atom is -0.317 e. The van der Waals surface area contributed by atoms with E-state index in [0.29, 0.717) is 0 Å². The molecule has 1 fully saturated rings. The number of piperidine rings is 1. The van der Waals surface area contributed by atoms with Crippen molar-refractivity contribution < 1.29 is 17.2 Å². The molecule has 0 unspecified atom stereocenters. The Hall–Kier alpha value is -1.05. The van der Waals surface area contributed by atoms with Crippen molar-refractivity contribution in [2.75, 3.05) is 19.6 Å². The van der Waals surface area contributed by atoms with Crippen LogP contribution in [-0.4, -0.2) is 28.1 Å². The summed E-state index contributed by atoms with van der Waals surface area (Å²) in [5.41, 5.74) is -0.194. The van der Waals surface area contributed by atoms with Crippen LogP contribution in [0.4, 0.5) is 8.78 Å². The number of hydrogen-bond acceptors (Lipinski definition) is 3. The summed E-state index contributed by atoms with van der Waals surface area (Å²) in [7, 11) is -4.18. The Labute approximate surface area is 117 Å². The van der Waals surface area contributed by atoms with Gasteiger partial charge in [0.25, 0.3) is 0 Å². The lowest BCUT2D eigenvalue weighted by molar-refractivity contribution is 0.232. The molecule has 2 rings (SSSR count). The fourth-order valence-corrected chi connectivity index (χ4v) is 3.62. The number of rotatable bonds is 4. The van der Waals surface area contributed by atoms with Gasteiger partial charge in [0.2, 0.25) is 10.0 Å². The molecule has 0 spiro atoms. The van der Waals surface area contributed by atoms with Gasteiger partial charge in [0.05, 0.1) is 0 Å². The molecular weight excluding hydrogens is 286 g/mol. The zero-order valence-corrected chi connectivity index (χ0v) is 12.1.